The number of nitriles is 3. The van der Waals surface area contributed by atoms with Gasteiger partial charge in [0.1, 0.15) is 23.3 Å². The number of aliphatic hydroxyl groups excluding tert-OH is 1. The van der Waals surface area contributed by atoms with Crippen LogP contribution in [0.2, 0.25) is 0 Å². The molecule has 0 fully saturated rings. The molecular formula is C101H123N13O3. The molecule has 4 heterocycles. The summed E-state index contributed by atoms with van der Waals surface area (Å²) in [7, 11) is 0. The molecule has 0 bridgehead atoms. The zero-order valence-electron chi connectivity index (χ0n) is 70.6. The Morgan fingerprint density at radius 3 is 1.00 bits per heavy atom. The molecule has 12 aromatic rings. The Morgan fingerprint density at radius 1 is 0.359 bits per heavy atom. The second-order valence-corrected chi connectivity index (χ2v) is 33.1. The quantitative estimate of drug-likeness (QED) is 0.0365. The van der Waals surface area contributed by atoms with Gasteiger partial charge in [0, 0.05) is 57.0 Å². The number of rotatable bonds is 47. The van der Waals surface area contributed by atoms with E-state index >= 15 is 0 Å². The fourth-order valence-electron chi connectivity index (χ4n) is 18.0. The van der Waals surface area contributed by atoms with Gasteiger partial charge in [0.15, 0.2) is 0 Å². The Kier molecular flexibility index (Phi) is 31.2. The number of unbranched alkanes of at least 4 members (excludes halogenated alkanes) is 1. The van der Waals surface area contributed by atoms with Gasteiger partial charge in [0.25, 0.3) is 0 Å². The van der Waals surface area contributed by atoms with Crippen molar-refractivity contribution in [2.24, 2.45) is 23.7 Å². The van der Waals surface area contributed by atoms with Crippen molar-refractivity contribution in [2.45, 2.75) is 253 Å². The third kappa shape index (κ3) is 22.2. The van der Waals surface area contributed by atoms with E-state index in [9.17, 15) is 30.8 Å². The van der Waals surface area contributed by atoms with Crippen LogP contribution in [0.5, 0.6) is 0 Å². The molecule has 0 amide bonds. The van der Waals surface area contributed by atoms with E-state index in [0.29, 0.717) is 83.0 Å². The molecule has 4 aromatic heterocycles. The number of carboxylic acids is 1. The fraction of sp³-hybridized carbons (Fsp3) is 0.446. The lowest BCUT2D eigenvalue weighted by molar-refractivity contribution is -0.142. The smallest absolute Gasteiger partial charge is 0.306 e. The predicted molar refractivity (Wildman–Crippen MR) is 473 cm³/mol. The fourth-order valence-corrected chi connectivity index (χ4v) is 18.0. The van der Waals surface area contributed by atoms with Crippen LogP contribution in [0.15, 0.2) is 194 Å². The molecule has 0 spiro atoms. The number of fused-ring (bicyclic) bond motifs is 4. The molecule has 16 heteroatoms. The molecule has 8 unspecified atom stereocenters. The van der Waals surface area contributed by atoms with Crippen molar-refractivity contribution in [1.82, 2.24) is 48.0 Å². The van der Waals surface area contributed by atoms with Crippen LogP contribution >= 0.6 is 0 Å². The van der Waals surface area contributed by atoms with E-state index < -0.39 is 18.0 Å². The highest BCUT2D eigenvalue weighted by atomic mass is 16.4. The van der Waals surface area contributed by atoms with Crippen LogP contribution in [0, 0.1) is 57.7 Å². The van der Waals surface area contributed by atoms with Crippen molar-refractivity contribution < 1.29 is 15.0 Å². The molecular weight excluding hydrogens is 1440 g/mol. The van der Waals surface area contributed by atoms with E-state index in [0.717, 1.165) is 192 Å². The summed E-state index contributed by atoms with van der Waals surface area (Å²) >= 11 is 0. The van der Waals surface area contributed by atoms with Gasteiger partial charge >= 0.3 is 5.97 Å². The normalized spacial score (nSPS) is 14.0. The van der Waals surface area contributed by atoms with Crippen LogP contribution in [0.1, 0.15) is 262 Å². The number of para-hydroxylation sites is 8. The van der Waals surface area contributed by atoms with Crippen molar-refractivity contribution in [3.8, 4) is 18.2 Å². The first-order valence-corrected chi connectivity index (χ1v) is 43.8. The zero-order chi connectivity index (χ0) is 82.2. The topological polar surface area (TPSA) is 207 Å². The van der Waals surface area contributed by atoms with Gasteiger partial charge in [0.05, 0.1) is 101 Å². The Morgan fingerprint density at radius 2 is 0.684 bits per heavy atom. The number of carboxylic acid groups (broad SMARTS) is 1. The van der Waals surface area contributed by atoms with Crippen molar-refractivity contribution in [3.05, 3.63) is 262 Å². The zero-order valence-corrected chi connectivity index (χ0v) is 70.6. The van der Waals surface area contributed by atoms with Crippen LogP contribution in [0.4, 0.5) is 0 Å². The van der Waals surface area contributed by atoms with Crippen LogP contribution in [-0.4, -0.2) is 83.4 Å². The Balaban J connectivity index is 0.925. The van der Waals surface area contributed by atoms with Gasteiger partial charge < -0.3 is 28.5 Å². The van der Waals surface area contributed by atoms with E-state index in [1.54, 1.807) is 0 Å². The molecule has 0 saturated carbocycles. The maximum atomic E-state index is 13.6. The van der Waals surface area contributed by atoms with E-state index in [1.165, 1.54) is 22.3 Å². The molecule has 0 aliphatic rings. The van der Waals surface area contributed by atoms with Gasteiger partial charge in [-0.05, 0) is 207 Å². The monoisotopic (exact) mass is 1570 g/mol. The van der Waals surface area contributed by atoms with E-state index in [2.05, 4.69) is 277 Å². The molecule has 0 aliphatic heterocycles. The first kappa shape index (κ1) is 85.8. The van der Waals surface area contributed by atoms with E-state index in [-0.39, 0.29) is 36.8 Å². The summed E-state index contributed by atoms with van der Waals surface area (Å²) in [6.07, 6.45) is 15.2. The third-order valence-corrected chi connectivity index (χ3v) is 24.9. The number of aliphatic carboxylic acids is 1. The van der Waals surface area contributed by atoms with Gasteiger partial charge in [-0.3, -0.25) is 14.6 Å². The first-order chi connectivity index (χ1) is 57.2. The van der Waals surface area contributed by atoms with E-state index in [1.807, 2.05) is 19.1 Å². The second kappa shape index (κ2) is 42.5. The second-order valence-electron chi connectivity index (χ2n) is 33.1. The minimum atomic E-state index is -0.931. The first-order valence-electron chi connectivity index (χ1n) is 43.8. The molecule has 16 nitrogen and oxygen atoms in total. The van der Waals surface area contributed by atoms with Crippen LogP contribution in [-0.2, 0) is 57.2 Å². The van der Waals surface area contributed by atoms with Gasteiger partial charge in [-0.15, -0.1) is 0 Å². The van der Waals surface area contributed by atoms with Gasteiger partial charge in [0.2, 0.25) is 0 Å². The molecule has 12 rings (SSSR count). The van der Waals surface area contributed by atoms with Gasteiger partial charge in [-0.2, -0.15) is 15.8 Å². The predicted octanol–water partition coefficient (Wildman–Crippen LogP) is 23.0. The Labute approximate surface area is 694 Å². The van der Waals surface area contributed by atoms with E-state index in [4.69, 9.17) is 19.9 Å². The Bertz CT molecular complexity index is 5260. The lowest BCUT2D eigenvalue weighted by atomic mass is 9.82. The summed E-state index contributed by atoms with van der Waals surface area (Å²) in [4.78, 5) is 39.3. The van der Waals surface area contributed by atoms with Gasteiger partial charge in [-0.25, -0.2) is 19.9 Å². The van der Waals surface area contributed by atoms with Crippen molar-refractivity contribution in [3.63, 3.8) is 0 Å². The minimum Gasteiger partial charge on any atom is -0.481 e. The average molecular weight is 1570 g/mol. The number of nitrogens with zero attached hydrogens (tertiary/aromatic N) is 13. The number of benzene rings is 8. The lowest BCUT2D eigenvalue weighted by Gasteiger charge is -2.29. The summed E-state index contributed by atoms with van der Waals surface area (Å²) in [5.74, 6) is 3.32. The molecule has 0 saturated heterocycles. The largest absolute Gasteiger partial charge is 0.481 e. The highest BCUT2D eigenvalue weighted by Gasteiger charge is 2.29. The molecule has 0 radical (unpaired) electrons. The average Bonchev–Trinajstić information content (AvgIpc) is 1.65. The van der Waals surface area contributed by atoms with Crippen molar-refractivity contribution in [2.75, 3.05) is 13.1 Å². The molecule has 8 atom stereocenters. The number of carbonyl (C=O) groups is 1. The van der Waals surface area contributed by atoms with Crippen LogP contribution in [0.3, 0.4) is 0 Å². The van der Waals surface area contributed by atoms with Crippen LogP contribution in [0.25, 0.3) is 44.1 Å². The van der Waals surface area contributed by atoms with Crippen molar-refractivity contribution >= 4 is 50.1 Å². The standard InChI is InChI=1S/C101H123N13O3/c1-9-17-28-74(61-104)37-47-80(15-7)83-50-41-76(42-51-83)63-112-94-34-23-19-30-90(94)106-98(112)69-109(68-97-105-89-29-18-22-33-93(89)111(97)62-75-39-48-82(49-40-75)79(13-5)14-6)66-88(115)67-110(70-99-107-91-31-20-24-35-95(91)113(99)64-77-43-52-84(53-44-77)86(27-11-3)57-72(12-4)59-102)71-100-108-92-32-21-25-36-96(92)114(100)65-78-45-54-85(55-46-78)87(58-81(16-8)101(116)117)56-38-73(60-103)26-10-2/h18-25,29-36,39-46,48-55,72-74,79-81,86-88,115H,9-17,26-28,37-38,47,56-58,62-71H2,1-8H3,(H,116,117). The molecule has 610 valence electrons. The van der Waals surface area contributed by atoms with Gasteiger partial charge in [-0.1, -0.05) is 227 Å². The molecule has 8 aromatic carbocycles. The van der Waals surface area contributed by atoms with Crippen molar-refractivity contribution in [1.29, 1.82) is 15.8 Å². The summed E-state index contributed by atoms with van der Waals surface area (Å²) in [6, 6.07) is 77.3. The summed E-state index contributed by atoms with van der Waals surface area (Å²) in [5, 5.41) is 54.2. The number of imidazole rings is 4. The molecule has 117 heavy (non-hydrogen) atoms. The summed E-state index contributed by atoms with van der Waals surface area (Å²) in [6.45, 7) is 21.7. The highest BCUT2D eigenvalue weighted by Crippen LogP contribution is 2.37. The molecule has 2 N–H and O–H groups in total. The number of aromatic nitrogens is 8. The highest BCUT2D eigenvalue weighted by molar-refractivity contribution is 5.79. The number of hydrogen-bond donors (Lipinski definition) is 2. The summed E-state index contributed by atoms with van der Waals surface area (Å²) in [5.41, 5.74) is 17.2. The maximum Gasteiger partial charge on any atom is 0.306 e. The van der Waals surface area contributed by atoms with Crippen LogP contribution < -0.4 is 0 Å². The Hall–Kier alpha value is -10.5. The number of aliphatic hydroxyl groups is 1. The minimum absolute atomic E-state index is 0.00698. The maximum absolute atomic E-state index is 13.6. The SMILES string of the molecule is CCCCC(C#N)CCC(CC)c1ccc(Cn2c(CN(Cc3nc4ccccc4n3Cc3ccc(C(CC)CC)cc3)CC(O)CN(Cc3nc4ccccc4n3Cc3ccc(C(CCC)CC(C#N)CC)cc3)Cc3nc4ccccc4n3Cc3ccc(C(CCC(C#N)CCC)CC(CC)C(=O)O)cc3)nc3ccccc32)cc1. The number of hydrogen-bond acceptors (Lipinski definition) is 11. The molecule has 0 aliphatic carbocycles. The lowest BCUT2D eigenvalue weighted by Crippen LogP contribution is -2.41. The summed E-state index contributed by atoms with van der Waals surface area (Å²) < 4.78 is 9.38. The third-order valence-electron chi connectivity index (χ3n) is 24.9.